The van der Waals surface area contributed by atoms with Gasteiger partial charge in [-0.2, -0.15) is 0 Å². The molecule has 3 nitrogen and oxygen atoms in total. The van der Waals surface area contributed by atoms with Gasteiger partial charge < -0.3 is 10.6 Å². The van der Waals surface area contributed by atoms with E-state index in [2.05, 4.69) is 17.2 Å². The highest BCUT2D eigenvalue weighted by Crippen LogP contribution is 2.15. The van der Waals surface area contributed by atoms with Crippen molar-refractivity contribution < 1.29 is 4.79 Å². The molecule has 0 saturated heterocycles. The van der Waals surface area contributed by atoms with Gasteiger partial charge in [0.2, 0.25) is 5.91 Å². The molecule has 0 rings (SSSR count). The fourth-order valence-electron chi connectivity index (χ4n) is 1.75. The second-order valence-electron chi connectivity index (χ2n) is 4.40. The van der Waals surface area contributed by atoms with Gasteiger partial charge in [0.05, 0.1) is 5.54 Å². The number of unbranched alkanes of at least 4 members (excludes halogenated alkanes) is 4. The van der Waals surface area contributed by atoms with Gasteiger partial charge in [0, 0.05) is 7.05 Å². The van der Waals surface area contributed by atoms with Crippen LogP contribution in [0.25, 0.3) is 0 Å². The topological polar surface area (TPSA) is 41.1 Å². The van der Waals surface area contributed by atoms with E-state index in [0.29, 0.717) is 0 Å². The highest BCUT2D eigenvalue weighted by atomic mass is 16.2. The molecule has 16 heavy (non-hydrogen) atoms. The summed E-state index contributed by atoms with van der Waals surface area (Å²) >= 11 is 0. The van der Waals surface area contributed by atoms with Crippen molar-refractivity contribution in [2.45, 2.75) is 51.0 Å². The van der Waals surface area contributed by atoms with Crippen molar-refractivity contribution in [3.8, 4) is 0 Å². The van der Waals surface area contributed by atoms with Crippen molar-refractivity contribution in [3.63, 3.8) is 0 Å². The van der Waals surface area contributed by atoms with Crippen LogP contribution in [-0.4, -0.2) is 25.5 Å². The third-order valence-electron chi connectivity index (χ3n) is 3.12. The van der Waals surface area contributed by atoms with Gasteiger partial charge in [-0.3, -0.25) is 4.79 Å². The largest absolute Gasteiger partial charge is 0.358 e. The predicted molar refractivity (Wildman–Crippen MR) is 69.4 cm³/mol. The minimum Gasteiger partial charge on any atom is -0.358 e. The smallest absolute Gasteiger partial charge is 0.239 e. The van der Waals surface area contributed by atoms with Crippen molar-refractivity contribution in [1.82, 2.24) is 10.6 Å². The van der Waals surface area contributed by atoms with Crippen LogP contribution < -0.4 is 10.6 Å². The van der Waals surface area contributed by atoms with Crippen molar-refractivity contribution >= 4 is 5.91 Å². The Morgan fingerprint density at radius 2 is 1.88 bits per heavy atom. The van der Waals surface area contributed by atoms with Gasteiger partial charge in [-0.05, 0) is 33.2 Å². The van der Waals surface area contributed by atoms with E-state index in [9.17, 15) is 4.79 Å². The van der Waals surface area contributed by atoms with Crippen molar-refractivity contribution in [2.75, 3.05) is 14.1 Å². The van der Waals surface area contributed by atoms with Crippen LogP contribution >= 0.6 is 0 Å². The quantitative estimate of drug-likeness (QED) is 0.467. The van der Waals surface area contributed by atoms with Gasteiger partial charge in [0.1, 0.15) is 0 Å². The summed E-state index contributed by atoms with van der Waals surface area (Å²) in [4.78, 5) is 11.6. The van der Waals surface area contributed by atoms with E-state index in [-0.39, 0.29) is 5.91 Å². The lowest BCUT2D eigenvalue weighted by Crippen LogP contribution is -2.52. The molecule has 0 aromatic rings. The summed E-state index contributed by atoms with van der Waals surface area (Å²) in [6.07, 6.45) is 8.64. The van der Waals surface area contributed by atoms with Crippen LogP contribution in [0, 0.1) is 0 Å². The normalized spacial score (nSPS) is 14.2. The number of allylic oxidation sites excluding steroid dienone is 1. The van der Waals surface area contributed by atoms with Crippen molar-refractivity contribution in [2.24, 2.45) is 0 Å². The van der Waals surface area contributed by atoms with Crippen LogP contribution in [0.15, 0.2) is 12.7 Å². The summed E-state index contributed by atoms with van der Waals surface area (Å²) in [5.74, 6) is 0.0705. The van der Waals surface area contributed by atoms with Crippen LogP contribution in [0.5, 0.6) is 0 Å². The first-order valence-electron chi connectivity index (χ1n) is 6.12. The Hall–Kier alpha value is -0.830. The van der Waals surface area contributed by atoms with Gasteiger partial charge in [-0.1, -0.05) is 25.3 Å². The molecule has 0 spiro atoms. The molecule has 0 bridgehead atoms. The molecule has 0 heterocycles. The molecule has 94 valence electrons. The van der Waals surface area contributed by atoms with Crippen LogP contribution in [0.2, 0.25) is 0 Å². The molecule has 1 atom stereocenters. The Kier molecular flexibility index (Phi) is 7.90. The highest BCUT2D eigenvalue weighted by molar-refractivity contribution is 5.85. The molecule has 0 radical (unpaired) electrons. The lowest BCUT2D eigenvalue weighted by Gasteiger charge is -2.27. The van der Waals surface area contributed by atoms with E-state index < -0.39 is 5.54 Å². The van der Waals surface area contributed by atoms with Crippen LogP contribution in [-0.2, 0) is 4.79 Å². The zero-order valence-electron chi connectivity index (χ0n) is 10.9. The number of amides is 1. The fraction of sp³-hybridized carbons (Fsp3) is 0.769. The molecule has 2 N–H and O–H groups in total. The van der Waals surface area contributed by atoms with Gasteiger partial charge in [0.15, 0.2) is 0 Å². The summed E-state index contributed by atoms with van der Waals surface area (Å²) in [6.45, 7) is 5.66. The van der Waals surface area contributed by atoms with E-state index >= 15 is 0 Å². The first-order chi connectivity index (χ1) is 7.60. The van der Waals surface area contributed by atoms with E-state index in [1.54, 1.807) is 7.05 Å². The first kappa shape index (κ1) is 15.2. The number of nitrogens with one attached hydrogen (secondary N) is 2. The minimum atomic E-state index is -0.423. The Morgan fingerprint density at radius 1 is 1.25 bits per heavy atom. The summed E-state index contributed by atoms with van der Waals surface area (Å²) < 4.78 is 0. The lowest BCUT2D eigenvalue weighted by atomic mass is 9.93. The number of rotatable bonds is 9. The second kappa shape index (κ2) is 8.34. The zero-order chi connectivity index (χ0) is 12.4. The molecule has 0 aliphatic heterocycles. The van der Waals surface area contributed by atoms with E-state index in [0.717, 1.165) is 19.3 Å². The van der Waals surface area contributed by atoms with Crippen LogP contribution in [0.4, 0.5) is 0 Å². The number of hydrogen-bond acceptors (Lipinski definition) is 2. The van der Waals surface area contributed by atoms with Crippen LogP contribution in [0.3, 0.4) is 0 Å². The molecule has 0 saturated carbocycles. The number of likely N-dealkylation sites (N-methyl/N-ethyl adjacent to an activating group) is 2. The molecule has 0 fully saturated rings. The molecule has 0 aromatic heterocycles. The molecular formula is C13H26N2O. The molecule has 3 heteroatoms. The molecular weight excluding hydrogens is 200 g/mol. The Labute approximate surface area is 99.7 Å². The van der Waals surface area contributed by atoms with Gasteiger partial charge in [0.25, 0.3) is 0 Å². The van der Waals surface area contributed by atoms with Gasteiger partial charge in [-0.15, -0.1) is 6.58 Å². The first-order valence-corrected chi connectivity index (χ1v) is 6.12. The van der Waals surface area contributed by atoms with E-state index in [4.69, 9.17) is 0 Å². The summed E-state index contributed by atoms with van der Waals surface area (Å²) in [6, 6.07) is 0. The molecule has 0 aliphatic carbocycles. The average Bonchev–Trinajstić information content (AvgIpc) is 2.32. The van der Waals surface area contributed by atoms with Crippen molar-refractivity contribution in [3.05, 3.63) is 12.7 Å². The van der Waals surface area contributed by atoms with Gasteiger partial charge in [-0.25, -0.2) is 0 Å². The number of hydrogen-bond donors (Lipinski definition) is 2. The maximum Gasteiger partial charge on any atom is 0.239 e. The monoisotopic (exact) mass is 226 g/mol. The van der Waals surface area contributed by atoms with Gasteiger partial charge >= 0.3 is 0 Å². The third kappa shape index (κ3) is 5.31. The minimum absolute atomic E-state index is 0.0705. The van der Waals surface area contributed by atoms with Crippen molar-refractivity contribution in [1.29, 1.82) is 0 Å². The predicted octanol–water partition coefficient (Wildman–Crippen LogP) is 2.24. The Morgan fingerprint density at radius 3 is 2.38 bits per heavy atom. The SMILES string of the molecule is C=CCCCCCC[C@@](C)(NC)C(=O)NC. The summed E-state index contributed by atoms with van der Waals surface area (Å²) in [7, 11) is 3.52. The maximum atomic E-state index is 11.6. The fourth-order valence-corrected chi connectivity index (χ4v) is 1.75. The molecule has 0 aliphatic rings. The number of carbonyl (C=O) groups excluding carboxylic acids is 1. The molecule has 0 unspecified atom stereocenters. The average molecular weight is 226 g/mol. The zero-order valence-corrected chi connectivity index (χ0v) is 10.9. The summed E-state index contributed by atoms with van der Waals surface area (Å²) in [5.41, 5.74) is -0.423. The molecule has 0 aromatic carbocycles. The molecule has 1 amide bonds. The number of carbonyl (C=O) groups is 1. The summed E-state index contributed by atoms with van der Waals surface area (Å²) in [5, 5.41) is 5.81. The maximum absolute atomic E-state index is 11.6. The standard InChI is InChI=1S/C13H26N2O/c1-5-6-7-8-9-10-11-13(2,15-4)12(16)14-3/h5,15H,1,6-11H2,2-4H3,(H,14,16)/t13-/m1/s1. The highest BCUT2D eigenvalue weighted by Gasteiger charge is 2.29. The second-order valence-corrected chi connectivity index (χ2v) is 4.40. The van der Waals surface area contributed by atoms with E-state index in [1.807, 2.05) is 20.0 Å². The Balaban J connectivity index is 3.78. The lowest BCUT2D eigenvalue weighted by molar-refractivity contribution is -0.126. The van der Waals surface area contributed by atoms with Crippen LogP contribution in [0.1, 0.15) is 45.4 Å². The third-order valence-corrected chi connectivity index (χ3v) is 3.12. The van der Waals surface area contributed by atoms with E-state index in [1.165, 1.54) is 19.3 Å². The Bertz CT molecular complexity index is 216.